The van der Waals surface area contributed by atoms with E-state index in [1.807, 2.05) is 95.8 Å². The van der Waals surface area contributed by atoms with Crippen LogP contribution in [0, 0.1) is 17.8 Å². The molecule has 58 heavy (non-hydrogen) atoms. The van der Waals surface area contributed by atoms with Crippen LogP contribution in [0.5, 0.6) is 0 Å². The van der Waals surface area contributed by atoms with E-state index >= 15 is 0 Å². The van der Waals surface area contributed by atoms with Crippen molar-refractivity contribution in [2.75, 3.05) is 55.0 Å². The largest absolute Gasteiger partial charge is 0.464 e. The van der Waals surface area contributed by atoms with Gasteiger partial charge in [0.1, 0.15) is 6.10 Å². The van der Waals surface area contributed by atoms with Gasteiger partial charge in [-0.05, 0) is 64.6 Å². The summed E-state index contributed by atoms with van der Waals surface area (Å²) in [6.07, 6.45) is 3.18. The van der Waals surface area contributed by atoms with Gasteiger partial charge >= 0.3 is 0 Å². The standard InChI is InChI=1S/C37H63N5O6.C4H9NO2.C3H8/c1-12-25(4)34(41(9)32(44)23-38-37(46)33(24(2)3)40(7)8)30(47-10)22-31(43)42-20-16-19-29(42)35(48-11)27(6)36(45)39-26(5)21-28-17-14-13-15-18-28;1-4(2-5)7-3-6;1-3-2/h13-15,17-18,24-27,29-30,33-35H,12,16,19-23H2,1-11H3,(H,38,46)(H,39,45);3-4H,2,5H2,1H3;3H2,1-2H3. The summed E-state index contributed by atoms with van der Waals surface area (Å²) in [5, 5.41) is 5.95. The highest BCUT2D eigenvalue weighted by atomic mass is 16.5. The molecule has 0 aliphatic carbocycles. The minimum absolute atomic E-state index is 0.0280. The van der Waals surface area contributed by atoms with Crippen LogP contribution in [-0.2, 0) is 44.6 Å². The summed E-state index contributed by atoms with van der Waals surface area (Å²) in [5.41, 5.74) is 6.23. The first kappa shape index (κ1) is 54.4. The number of ether oxygens (including phenoxy) is 3. The van der Waals surface area contributed by atoms with Gasteiger partial charge in [0.05, 0.1) is 49.2 Å². The van der Waals surface area contributed by atoms with Gasteiger partial charge in [0, 0.05) is 40.4 Å². The van der Waals surface area contributed by atoms with E-state index in [4.69, 9.17) is 15.2 Å². The molecule has 0 saturated carbocycles. The molecule has 0 aromatic heterocycles. The predicted molar refractivity (Wildman–Crippen MR) is 231 cm³/mol. The van der Waals surface area contributed by atoms with Crippen molar-refractivity contribution in [1.29, 1.82) is 0 Å². The third-order valence-electron chi connectivity index (χ3n) is 10.6. The maximum absolute atomic E-state index is 14.0. The second kappa shape index (κ2) is 29.6. The number of carbonyl (C=O) groups excluding carboxylic acids is 5. The van der Waals surface area contributed by atoms with Crippen molar-refractivity contribution in [3.05, 3.63) is 35.9 Å². The number of hydrogen-bond acceptors (Lipinski definition) is 10. The lowest BCUT2D eigenvalue weighted by atomic mass is 9.90. The van der Waals surface area contributed by atoms with Crippen molar-refractivity contribution in [1.82, 2.24) is 25.3 Å². The van der Waals surface area contributed by atoms with E-state index in [0.717, 1.165) is 31.2 Å². The van der Waals surface area contributed by atoms with Gasteiger partial charge in [-0.1, -0.05) is 91.6 Å². The Morgan fingerprint density at radius 1 is 0.948 bits per heavy atom. The Kier molecular flexibility index (Phi) is 27.8. The van der Waals surface area contributed by atoms with Crippen molar-refractivity contribution in [3.63, 3.8) is 0 Å². The molecule has 0 spiro atoms. The van der Waals surface area contributed by atoms with Crippen LogP contribution >= 0.6 is 0 Å². The van der Waals surface area contributed by atoms with E-state index in [9.17, 15) is 24.0 Å². The van der Waals surface area contributed by atoms with Gasteiger partial charge in [0.25, 0.3) is 6.47 Å². The smallest absolute Gasteiger partial charge is 0.293 e. The zero-order valence-corrected chi connectivity index (χ0v) is 38.3. The fraction of sp³-hybridized carbons (Fsp3) is 0.750. The van der Waals surface area contributed by atoms with Gasteiger partial charge in [0.2, 0.25) is 23.6 Å². The first-order chi connectivity index (χ1) is 27.4. The molecule has 334 valence electrons. The van der Waals surface area contributed by atoms with Crippen LogP contribution in [0.3, 0.4) is 0 Å². The average Bonchev–Trinajstić information content (AvgIpc) is 3.67. The zero-order chi connectivity index (χ0) is 44.5. The lowest BCUT2D eigenvalue weighted by molar-refractivity contribution is -0.146. The van der Waals surface area contributed by atoms with Gasteiger partial charge in [0.15, 0.2) is 0 Å². The second-order valence-electron chi connectivity index (χ2n) is 16.1. The number of likely N-dealkylation sites (tertiary alicyclic amines) is 1. The molecule has 14 heteroatoms. The van der Waals surface area contributed by atoms with Crippen LogP contribution in [0.1, 0.15) is 100.0 Å². The minimum Gasteiger partial charge on any atom is -0.464 e. The molecule has 9 atom stereocenters. The highest BCUT2D eigenvalue weighted by Gasteiger charge is 2.42. The summed E-state index contributed by atoms with van der Waals surface area (Å²) < 4.78 is 16.2. The first-order valence-electron chi connectivity index (χ1n) is 21.1. The Balaban J connectivity index is 0.00000288. The van der Waals surface area contributed by atoms with Crippen molar-refractivity contribution in [2.45, 2.75) is 143 Å². The molecule has 0 radical (unpaired) electrons. The summed E-state index contributed by atoms with van der Waals surface area (Å²) in [4.78, 5) is 68.4. The third-order valence-corrected chi connectivity index (χ3v) is 10.6. The van der Waals surface area contributed by atoms with Crippen molar-refractivity contribution in [3.8, 4) is 0 Å². The number of likely N-dealkylation sites (N-methyl/N-ethyl adjacent to an activating group) is 2. The van der Waals surface area contributed by atoms with Crippen molar-refractivity contribution < 1.29 is 38.2 Å². The predicted octanol–water partition coefficient (Wildman–Crippen LogP) is 4.28. The normalized spacial score (nSPS) is 17.8. The number of amides is 4. The fourth-order valence-electron chi connectivity index (χ4n) is 7.39. The SMILES string of the molecule is CC(CN)OC=O.CCC.CCC(C)C(C(CC(=O)N1CCCC1C(OC)C(C)C(=O)NC(C)Cc1ccccc1)OC)N(C)C(=O)CNC(=O)C(C(C)C)N(C)C. The molecule has 9 unspecified atom stereocenters. The maximum atomic E-state index is 14.0. The third kappa shape index (κ3) is 18.6. The molecule has 1 aliphatic rings. The summed E-state index contributed by atoms with van der Waals surface area (Å²) in [6.45, 7) is 19.1. The number of benzene rings is 1. The quantitative estimate of drug-likeness (QED) is 0.144. The second-order valence-corrected chi connectivity index (χ2v) is 16.1. The highest BCUT2D eigenvalue weighted by Crippen LogP contribution is 2.29. The van der Waals surface area contributed by atoms with Crippen LogP contribution < -0.4 is 16.4 Å². The molecule has 1 heterocycles. The average molecular weight is 821 g/mol. The number of methoxy groups -OCH3 is 2. The molecule has 1 saturated heterocycles. The van der Waals surface area contributed by atoms with Gasteiger partial charge in [-0.25, -0.2) is 0 Å². The summed E-state index contributed by atoms with van der Waals surface area (Å²) in [5.74, 6) is -1.00. The van der Waals surface area contributed by atoms with Crippen molar-refractivity contribution in [2.24, 2.45) is 23.5 Å². The number of hydrogen-bond donors (Lipinski definition) is 3. The topological polar surface area (TPSA) is 173 Å². The van der Waals surface area contributed by atoms with Crippen LogP contribution in [0.4, 0.5) is 0 Å². The van der Waals surface area contributed by atoms with Gasteiger partial charge in [-0.15, -0.1) is 0 Å². The summed E-state index contributed by atoms with van der Waals surface area (Å²) >= 11 is 0. The van der Waals surface area contributed by atoms with E-state index in [-0.39, 0.29) is 72.7 Å². The monoisotopic (exact) mass is 821 g/mol. The molecule has 14 nitrogen and oxygen atoms in total. The van der Waals surface area contributed by atoms with Crippen LogP contribution in [0.15, 0.2) is 30.3 Å². The number of nitrogens with zero attached hydrogens (tertiary/aromatic N) is 3. The Morgan fingerprint density at radius 2 is 1.55 bits per heavy atom. The molecule has 4 amide bonds. The van der Waals surface area contributed by atoms with Gasteiger partial charge < -0.3 is 40.4 Å². The first-order valence-corrected chi connectivity index (χ1v) is 21.1. The molecular weight excluding hydrogens is 741 g/mol. The molecule has 1 aromatic carbocycles. The molecule has 1 aliphatic heterocycles. The molecule has 1 aromatic rings. The van der Waals surface area contributed by atoms with E-state index in [2.05, 4.69) is 29.2 Å². The van der Waals surface area contributed by atoms with E-state index in [1.165, 1.54) is 6.42 Å². The number of nitrogens with one attached hydrogen (secondary N) is 2. The molecule has 1 fully saturated rings. The molecular formula is C44H80N6O8. The lowest BCUT2D eigenvalue weighted by Gasteiger charge is -2.39. The minimum atomic E-state index is -0.566. The van der Waals surface area contributed by atoms with E-state index < -0.39 is 24.2 Å². The highest BCUT2D eigenvalue weighted by molar-refractivity contribution is 5.87. The number of carbonyl (C=O) groups is 5. The Bertz CT molecular complexity index is 1310. The summed E-state index contributed by atoms with van der Waals surface area (Å²) in [6, 6.07) is 8.99. The molecule has 0 bridgehead atoms. The van der Waals surface area contributed by atoms with Crippen LogP contribution in [0.2, 0.25) is 0 Å². The number of rotatable bonds is 22. The van der Waals surface area contributed by atoms with Gasteiger partial charge in [-0.3, -0.25) is 28.9 Å². The Morgan fingerprint density at radius 3 is 2.02 bits per heavy atom. The Labute approximate surface area is 350 Å². The van der Waals surface area contributed by atoms with E-state index in [1.54, 1.807) is 33.1 Å². The fourth-order valence-corrected chi connectivity index (χ4v) is 7.39. The van der Waals surface area contributed by atoms with Gasteiger partial charge in [-0.2, -0.15) is 0 Å². The molecule has 4 N–H and O–H groups in total. The zero-order valence-electron chi connectivity index (χ0n) is 38.3. The maximum Gasteiger partial charge on any atom is 0.293 e. The van der Waals surface area contributed by atoms with Crippen LogP contribution in [-0.4, -0.2) is 142 Å². The summed E-state index contributed by atoms with van der Waals surface area (Å²) in [7, 11) is 8.58. The van der Waals surface area contributed by atoms with Crippen molar-refractivity contribution >= 4 is 30.1 Å². The molecule has 2 rings (SSSR count). The Hall–Kier alpha value is -3.59. The van der Waals surface area contributed by atoms with Crippen LogP contribution in [0.25, 0.3) is 0 Å². The lowest BCUT2D eigenvalue weighted by Crippen LogP contribution is -2.55. The van der Waals surface area contributed by atoms with E-state index in [0.29, 0.717) is 19.6 Å². The number of nitrogens with two attached hydrogens (primary N) is 1.